The summed E-state index contributed by atoms with van der Waals surface area (Å²) in [5.41, 5.74) is 1.07. The van der Waals surface area contributed by atoms with Crippen LogP contribution in [0.1, 0.15) is 29.8 Å². The zero-order chi connectivity index (χ0) is 17.2. The molecule has 0 saturated carbocycles. The Morgan fingerprint density at radius 3 is 2.46 bits per heavy atom. The van der Waals surface area contributed by atoms with E-state index in [1.54, 1.807) is 56.7 Å². The monoisotopic (exact) mass is 323 g/mol. The fourth-order valence-electron chi connectivity index (χ4n) is 2.59. The highest BCUT2D eigenvalue weighted by Crippen LogP contribution is 2.23. The lowest BCUT2D eigenvalue weighted by Gasteiger charge is -2.27. The molecular weight excluding hydrogens is 305 g/mol. The van der Waals surface area contributed by atoms with Crippen molar-refractivity contribution in [3.63, 3.8) is 0 Å². The highest BCUT2D eigenvalue weighted by atomic mass is 19.1. The van der Waals surface area contributed by atoms with Crippen molar-refractivity contribution in [1.82, 2.24) is 14.9 Å². The molecule has 0 spiro atoms. The highest BCUT2D eigenvalue weighted by molar-refractivity contribution is 5.94. The first-order chi connectivity index (χ1) is 11.5. The summed E-state index contributed by atoms with van der Waals surface area (Å²) in [5, 5.41) is 2.89. The van der Waals surface area contributed by atoms with Gasteiger partial charge < -0.3 is 9.88 Å². The Kier molecular flexibility index (Phi) is 4.16. The fourth-order valence-corrected chi connectivity index (χ4v) is 2.59. The van der Waals surface area contributed by atoms with Crippen LogP contribution in [0, 0.1) is 5.82 Å². The number of benzene rings is 2. The Labute approximate surface area is 140 Å². The first-order valence-electron chi connectivity index (χ1n) is 7.63. The topological polar surface area (TPSA) is 46.9 Å². The van der Waals surface area contributed by atoms with Gasteiger partial charge >= 0.3 is 0 Å². The maximum atomic E-state index is 14.0. The predicted molar refractivity (Wildman–Crippen MR) is 90.5 cm³/mol. The van der Waals surface area contributed by atoms with Crippen LogP contribution >= 0.6 is 0 Å². The summed E-state index contributed by atoms with van der Waals surface area (Å²) in [7, 11) is 0. The largest absolute Gasteiger partial charge is 0.343 e. The Bertz CT molecular complexity index is 839. The van der Waals surface area contributed by atoms with Crippen LogP contribution < -0.4 is 5.32 Å². The molecule has 0 saturated heterocycles. The third-order valence-electron chi connectivity index (χ3n) is 3.91. The molecule has 1 aromatic heterocycles. The number of imidazole rings is 1. The number of amides is 1. The first-order valence-corrected chi connectivity index (χ1v) is 7.63. The van der Waals surface area contributed by atoms with Crippen molar-refractivity contribution in [2.45, 2.75) is 19.4 Å². The number of nitrogens with zero attached hydrogens (tertiary/aromatic N) is 2. The molecule has 0 radical (unpaired) electrons. The molecular formula is C19H18FN3O. The van der Waals surface area contributed by atoms with Gasteiger partial charge in [-0.25, -0.2) is 9.37 Å². The molecule has 4 nitrogen and oxygen atoms in total. The minimum atomic E-state index is -0.814. The van der Waals surface area contributed by atoms with Gasteiger partial charge in [0.05, 0.1) is 11.9 Å². The van der Waals surface area contributed by atoms with Crippen LogP contribution in [0.5, 0.6) is 0 Å². The van der Waals surface area contributed by atoms with E-state index in [0.29, 0.717) is 11.1 Å². The molecule has 1 heterocycles. The molecule has 1 N–H and O–H groups in total. The van der Waals surface area contributed by atoms with Gasteiger partial charge in [0.1, 0.15) is 5.82 Å². The number of aromatic nitrogens is 2. The van der Waals surface area contributed by atoms with Crippen LogP contribution in [0.15, 0.2) is 67.3 Å². The van der Waals surface area contributed by atoms with Gasteiger partial charge in [0, 0.05) is 29.2 Å². The van der Waals surface area contributed by atoms with Gasteiger partial charge in [-0.2, -0.15) is 0 Å². The van der Waals surface area contributed by atoms with E-state index >= 15 is 0 Å². The summed E-state index contributed by atoms with van der Waals surface area (Å²) < 4.78 is 15.8. The molecule has 0 fully saturated rings. The SMILES string of the molecule is CC(C)(NC(=O)c1ccc(-n2ccnc2)cc1)c1ccccc1F. The van der Waals surface area contributed by atoms with Crippen molar-refractivity contribution in [3.05, 3.63) is 84.2 Å². The van der Waals surface area contributed by atoms with Crippen LogP contribution in [0.2, 0.25) is 0 Å². The van der Waals surface area contributed by atoms with Gasteiger partial charge in [0.2, 0.25) is 0 Å². The van der Waals surface area contributed by atoms with Crippen molar-refractivity contribution in [1.29, 1.82) is 0 Å². The molecule has 3 aromatic rings. The first kappa shape index (κ1) is 15.9. The van der Waals surface area contributed by atoms with E-state index in [4.69, 9.17) is 0 Å². The molecule has 3 rings (SSSR count). The number of carbonyl (C=O) groups is 1. The van der Waals surface area contributed by atoms with Crippen LogP contribution in [-0.2, 0) is 5.54 Å². The summed E-state index contributed by atoms with van der Waals surface area (Å²) >= 11 is 0. The normalized spacial score (nSPS) is 11.3. The predicted octanol–water partition coefficient (Wildman–Crippen LogP) is 3.68. The third kappa shape index (κ3) is 3.20. The zero-order valence-corrected chi connectivity index (χ0v) is 13.5. The van der Waals surface area contributed by atoms with Gasteiger partial charge in [-0.1, -0.05) is 18.2 Å². The number of nitrogens with one attached hydrogen (secondary N) is 1. The van der Waals surface area contributed by atoms with Crippen molar-refractivity contribution >= 4 is 5.91 Å². The molecule has 2 aromatic carbocycles. The average molecular weight is 323 g/mol. The Hall–Kier alpha value is -2.95. The van der Waals surface area contributed by atoms with E-state index in [1.807, 2.05) is 22.9 Å². The Morgan fingerprint density at radius 2 is 1.83 bits per heavy atom. The minimum absolute atomic E-state index is 0.250. The molecule has 0 aliphatic carbocycles. The van der Waals surface area contributed by atoms with Crippen molar-refractivity contribution in [2.24, 2.45) is 0 Å². The van der Waals surface area contributed by atoms with Gasteiger partial charge in [0.25, 0.3) is 5.91 Å². The zero-order valence-electron chi connectivity index (χ0n) is 13.5. The minimum Gasteiger partial charge on any atom is -0.343 e. The summed E-state index contributed by atoms with van der Waals surface area (Å²) in [6.45, 7) is 3.56. The molecule has 5 heteroatoms. The maximum absolute atomic E-state index is 14.0. The second-order valence-corrected chi connectivity index (χ2v) is 6.08. The van der Waals surface area contributed by atoms with Crippen LogP contribution in [0.25, 0.3) is 5.69 Å². The van der Waals surface area contributed by atoms with Crippen LogP contribution in [-0.4, -0.2) is 15.5 Å². The number of halogens is 1. The van der Waals surface area contributed by atoms with E-state index in [2.05, 4.69) is 10.3 Å². The fraction of sp³-hybridized carbons (Fsp3) is 0.158. The summed E-state index contributed by atoms with van der Waals surface area (Å²) in [5.74, 6) is -0.585. The molecule has 24 heavy (non-hydrogen) atoms. The average Bonchev–Trinajstić information content (AvgIpc) is 3.09. The van der Waals surface area contributed by atoms with E-state index in [-0.39, 0.29) is 11.7 Å². The number of carbonyl (C=O) groups excluding carboxylic acids is 1. The van der Waals surface area contributed by atoms with Crippen LogP contribution in [0.3, 0.4) is 0 Å². The van der Waals surface area contributed by atoms with E-state index in [1.165, 1.54) is 6.07 Å². The highest BCUT2D eigenvalue weighted by Gasteiger charge is 2.26. The number of rotatable bonds is 4. The quantitative estimate of drug-likeness (QED) is 0.796. The van der Waals surface area contributed by atoms with E-state index in [9.17, 15) is 9.18 Å². The number of hydrogen-bond acceptors (Lipinski definition) is 2. The lowest BCUT2D eigenvalue weighted by Crippen LogP contribution is -2.41. The summed E-state index contributed by atoms with van der Waals surface area (Å²) in [6, 6.07) is 13.6. The molecule has 0 atom stereocenters. The molecule has 1 amide bonds. The van der Waals surface area contributed by atoms with Gasteiger partial charge in [0.15, 0.2) is 0 Å². The van der Waals surface area contributed by atoms with Crippen molar-refractivity contribution in [2.75, 3.05) is 0 Å². The Morgan fingerprint density at radius 1 is 1.12 bits per heavy atom. The lowest BCUT2D eigenvalue weighted by molar-refractivity contribution is 0.0911. The smallest absolute Gasteiger partial charge is 0.251 e. The van der Waals surface area contributed by atoms with Crippen molar-refractivity contribution < 1.29 is 9.18 Å². The van der Waals surface area contributed by atoms with Crippen LogP contribution in [0.4, 0.5) is 4.39 Å². The molecule has 0 unspecified atom stereocenters. The summed E-state index contributed by atoms with van der Waals surface area (Å²) in [4.78, 5) is 16.5. The molecule has 122 valence electrons. The Balaban J connectivity index is 1.78. The van der Waals surface area contributed by atoms with E-state index < -0.39 is 5.54 Å². The second kappa shape index (κ2) is 6.28. The third-order valence-corrected chi connectivity index (χ3v) is 3.91. The maximum Gasteiger partial charge on any atom is 0.251 e. The molecule has 0 aliphatic heterocycles. The molecule has 0 bridgehead atoms. The standard InChI is InChI=1S/C19H18FN3O/c1-19(2,16-5-3-4-6-17(16)20)22-18(24)14-7-9-15(10-8-14)23-12-11-21-13-23/h3-13H,1-2H3,(H,22,24). The van der Waals surface area contributed by atoms with Gasteiger partial charge in [-0.3, -0.25) is 4.79 Å². The van der Waals surface area contributed by atoms with Gasteiger partial charge in [-0.15, -0.1) is 0 Å². The van der Waals surface area contributed by atoms with E-state index in [0.717, 1.165) is 5.69 Å². The number of hydrogen-bond donors (Lipinski definition) is 1. The molecule has 0 aliphatic rings. The second-order valence-electron chi connectivity index (χ2n) is 6.08. The van der Waals surface area contributed by atoms with Gasteiger partial charge in [-0.05, 0) is 44.2 Å². The van der Waals surface area contributed by atoms with Crippen molar-refractivity contribution in [3.8, 4) is 5.69 Å². The lowest BCUT2D eigenvalue weighted by atomic mass is 9.93. The summed E-state index contributed by atoms with van der Waals surface area (Å²) in [6.07, 6.45) is 5.21.